The van der Waals surface area contributed by atoms with E-state index in [1.807, 2.05) is 6.07 Å². The quantitative estimate of drug-likeness (QED) is 0.741. The van der Waals surface area contributed by atoms with Crippen LogP contribution in [-0.4, -0.2) is 16.1 Å². The normalized spacial score (nSPS) is 9.80. The number of halogens is 1. The number of carbonyl (C=O) groups excluding carboxylic acids is 1. The average Bonchev–Trinajstić information content (AvgIpc) is 2.41. The standard InChI is InChI=1S/C14H9ClN2O3/c15-9-2-1-8(7-16)12(5-9)17-14(20)11-6-10(18)3-4-13(11)19/h1-6,18-19H,(H,17,20). The average molecular weight is 289 g/mol. The van der Waals surface area contributed by atoms with Crippen molar-refractivity contribution in [2.24, 2.45) is 0 Å². The predicted octanol–water partition coefficient (Wildman–Crippen LogP) is 2.88. The highest BCUT2D eigenvalue weighted by Crippen LogP contribution is 2.25. The second-order valence-electron chi connectivity index (χ2n) is 3.96. The number of benzene rings is 2. The number of nitrogens with zero attached hydrogens (tertiary/aromatic N) is 1. The van der Waals surface area contributed by atoms with Crippen LogP contribution in [0.5, 0.6) is 11.5 Å². The molecule has 0 spiro atoms. The summed E-state index contributed by atoms with van der Waals surface area (Å²) in [7, 11) is 0. The Bertz CT molecular complexity index is 723. The van der Waals surface area contributed by atoms with Gasteiger partial charge in [-0.1, -0.05) is 11.6 Å². The minimum atomic E-state index is -0.655. The van der Waals surface area contributed by atoms with Gasteiger partial charge in [-0.3, -0.25) is 4.79 Å². The number of hydrogen-bond donors (Lipinski definition) is 3. The number of amides is 1. The summed E-state index contributed by atoms with van der Waals surface area (Å²) in [4.78, 5) is 12.0. The first-order chi connectivity index (χ1) is 9.51. The highest BCUT2D eigenvalue weighted by Gasteiger charge is 2.14. The van der Waals surface area contributed by atoms with Gasteiger partial charge >= 0.3 is 0 Å². The molecule has 2 aromatic rings. The molecule has 0 aliphatic rings. The number of nitrogens with one attached hydrogen (secondary N) is 1. The van der Waals surface area contributed by atoms with Gasteiger partial charge in [0.25, 0.3) is 5.91 Å². The molecule has 0 unspecified atom stereocenters. The maximum absolute atomic E-state index is 12.0. The van der Waals surface area contributed by atoms with Crippen molar-refractivity contribution in [2.75, 3.05) is 5.32 Å². The zero-order valence-electron chi connectivity index (χ0n) is 10.1. The smallest absolute Gasteiger partial charge is 0.259 e. The summed E-state index contributed by atoms with van der Waals surface area (Å²) in [6.45, 7) is 0. The van der Waals surface area contributed by atoms with E-state index in [9.17, 15) is 15.0 Å². The lowest BCUT2D eigenvalue weighted by Crippen LogP contribution is -2.13. The maximum Gasteiger partial charge on any atom is 0.259 e. The van der Waals surface area contributed by atoms with E-state index in [0.717, 1.165) is 6.07 Å². The van der Waals surface area contributed by atoms with Gasteiger partial charge in [0.05, 0.1) is 16.8 Å². The number of aromatic hydroxyl groups is 2. The highest BCUT2D eigenvalue weighted by atomic mass is 35.5. The summed E-state index contributed by atoms with van der Waals surface area (Å²) >= 11 is 5.81. The van der Waals surface area contributed by atoms with E-state index < -0.39 is 5.91 Å². The van der Waals surface area contributed by atoms with Crippen LogP contribution in [0.3, 0.4) is 0 Å². The topological polar surface area (TPSA) is 93.4 Å². The zero-order valence-corrected chi connectivity index (χ0v) is 10.8. The summed E-state index contributed by atoms with van der Waals surface area (Å²) in [5.74, 6) is -1.09. The number of phenolic OH excluding ortho intramolecular Hbond substituents is 2. The lowest BCUT2D eigenvalue weighted by molar-refractivity contribution is 0.102. The first-order valence-electron chi connectivity index (χ1n) is 5.54. The van der Waals surface area contributed by atoms with Crippen LogP contribution in [-0.2, 0) is 0 Å². The maximum atomic E-state index is 12.0. The summed E-state index contributed by atoms with van der Waals surface area (Å²) in [6.07, 6.45) is 0. The van der Waals surface area contributed by atoms with E-state index in [1.54, 1.807) is 0 Å². The molecule has 6 heteroatoms. The van der Waals surface area contributed by atoms with Crippen LogP contribution in [0.15, 0.2) is 36.4 Å². The Kier molecular flexibility index (Phi) is 3.78. The molecule has 2 aromatic carbocycles. The number of phenols is 2. The SMILES string of the molecule is N#Cc1ccc(Cl)cc1NC(=O)c1cc(O)ccc1O. The molecule has 0 bridgehead atoms. The second-order valence-corrected chi connectivity index (χ2v) is 4.39. The molecule has 2 rings (SSSR count). The Balaban J connectivity index is 2.35. The van der Waals surface area contributed by atoms with Crippen molar-refractivity contribution in [1.82, 2.24) is 0 Å². The van der Waals surface area contributed by atoms with Gasteiger partial charge in [-0.25, -0.2) is 0 Å². The molecule has 0 aliphatic carbocycles. The van der Waals surface area contributed by atoms with E-state index in [2.05, 4.69) is 5.32 Å². The van der Waals surface area contributed by atoms with Crippen molar-refractivity contribution in [3.8, 4) is 17.6 Å². The van der Waals surface area contributed by atoms with Crippen molar-refractivity contribution in [1.29, 1.82) is 5.26 Å². The van der Waals surface area contributed by atoms with E-state index in [-0.39, 0.29) is 28.3 Å². The fraction of sp³-hybridized carbons (Fsp3) is 0. The van der Waals surface area contributed by atoms with Crippen molar-refractivity contribution >= 4 is 23.2 Å². The van der Waals surface area contributed by atoms with Gasteiger partial charge < -0.3 is 15.5 Å². The van der Waals surface area contributed by atoms with Crippen LogP contribution < -0.4 is 5.32 Å². The molecular weight excluding hydrogens is 280 g/mol. The largest absolute Gasteiger partial charge is 0.508 e. The Morgan fingerprint density at radius 3 is 2.65 bits per heavy atom. The zero-order chi connectivity index (χ0) is 14.7. The third kappa shape index (κ3) is 2.82. The Morgan fingerprint density at radius 2 is 1.95 bits per heavy atom. The highest BCUT2D eigenvalue weighted by molar-refractivity contribution is 6.31. The molecule has 0 saturated carbocycles. The van der Waals surface area contributed by atoms with Gasteiger partial charge in [-0.2, -0.15) is 5.26 Å². The van der Waals surface area contributed by atoms with Crippen LogP contribution in [0.2, 0.25) is 5.02 Å². The Hall–Kier alpha value is -2.71. The molecule has 1 amide bonds. The summed E-state index contributed by atoms with van der Waals surface area (Å²) < 4.78 is 0. The van der Waals surface area contributed by atoms with Gasteiger partial charge in [0.15, 0.2) is 0 Å². The summed E-state index contributed by atoms with van der Waals surface area (Å²) in [6, 6.07) is 9.93. The van der Waals surface area contributed by atoms with Crippen LogP contribution >= 0.6 is 11.6 Å². The van der Waals surface area contributed by atoms with Gasteiger partial charge in [-0.05, 0) is 36.4 Å². The molecule has 5 nitrogen and oxygen atoms in total. The van der Waals surface area contributed by atoms with E-state index in [1.165, 1.54) is 30.3 Å². The van der Waals surface area contributed by atoms with Crippen LogP contribution in [0.25, 0.3) is 0 Å². The predicted molar refractivity (Wildman–Crippen MR) is 73.9 cm³/mol. The second kappa shape index (κ2) is 5.51. The Morgan fingerprint density at radius 1 is 1.20 bits per heavy atom. The molecule has 100 valence electrons. The molecule has 3 N–H and O–H groups in total. The van der Waals surface area contributed by atoms with Gasteiger partial charge in [0, 0.05) is 5.02 Å². The number of nitriles is 1. The van der Waals surface area contributed by atoms with Crippen molar-refractivity contribution in [3.05, 3.63) is 52.5 Å². The first kappa shape index (κ1) is 13.7. The van der Waals surface area contributed by atoms with Gasteiger partial charge in [-0.15, -0.1) is 0 Å². The molecule has 0 atom stereocenters. The number of hydrogen-bond acceptors (Lipinski definition) is 4. The third-order valence-electron chi connectivity index (χ3n) is 2.58. The lowest BCUT2D eigenvalue weighted by Gasteiger charge is -2.09. The fourth-order valence-electron chi connectivity index (χ4n) is 1.61. The minimum absolute atomic E-state index is 0.103. The van der Waals surface area contributed by atoms with Gasteiger partial charge in [0.1, 0.15) is 17.6 Å². The number of rotatable bonds is 2. The molecular formula is C14H9ClN2O3. The van der Waals surface area contributed by atoms with Crippen LogP contribution in [0.1, 0.15) is 15.9 Å². The van der Waals surface area contributed by atoms with Crippen LogP contribution in [0.4, 0.5) is 5.69 Å². The molecule has 0 radical (unpaired) electrons. The molecule has 0 fully saturated rings. The molecule has 0 heterocycles. The van der Waals surface area contributed by atoms with Crippen LogP contribution in [0, 0.1) is 11.3 Å². The summed E-state index contributed by atoms with van der Waals surface area (Å²) in [5, 5.41) is 30.7. The van der Waals surface area contributed by atoms with E-state index in [4.69, 9.17) is 16.9 Å². The molecule has 0 aromatic heterocycles. The first-order valence-corrected chi connectivity index (χ1v) is 5.92. The van der Waals surface area contributed by atoms with E-state index >= 15 is 0 Å². The molecule has 20 heavy (non-hydrogen) atoms. The van der Waals surface area contributed by atoms with Crippen molar-refractivity contribution in [2.45, 2.75) is 0 Å². The summed E-state index contributed by atoms with van der Waals surface area (Å²) in [5.41, 5.74) is 0.365. The lowest BCUT2D eigenvalue weighted by atomic mass is 10.1. The van der Waals surface area contributed by atoms with E-state index in [0.29, 0.717) is 5.02 Å². The number of anilines is 1. The van der Waals surface area contributed by atoms with Gasteiger partial charge in [0.2, 0.25) is 0 Å². The fourth-order valence-corrected chi connectivity index (χ4v) is 1.79. The van der Waals surface area contributed by atoms with Crippen molar-refractivity contribution in [3.63, 3.8) is 0 Å². The molecule has 0 aliphatic heterocycles. The monoisotopic (exact) mass is 288 g/mol. The minimum Gasteiger partial charge on any atom is -0.508 e. The van der Waals surface area contributed by atoms with Crippen molar-refractivity contribution < 1.29 is 15.0 Å². The Labute approximate surface area is 119 Å². The number of carbonyl (C=O) groups is 1. The molecule has 0 saturated heterocycles. The third-order valence-corrected chi connectivity index (χ3v) is 2.81.